The lowest BCUT2D eigenvalue weighted by Crippen LogP contribution is -2.38. The van der Waals surface area contributed by atoms with Crippen molar-refractivity contribution in [3.63, 3.8) is 0 Å². The molecule has 0 aliphatic carbocycles. The average Bonchev–Trinajstić information content (AvgIpc) is 2.63. The Hall–Kier alpha value is -1.04. The molecule has 1 aromatic rings. The molecular formula is C9H13N3O2. The van der Waals surface area contributed by atoms with Crippen LogP contribution in [0.2, 0.25) is 0 Å². The van der Waals surface area contributed by atoms with E-state index < -0.39 is 6.10 Å². The Morgan fingerprint density at radius 3 is 3.14 bits per heavy atom. The predicted molar refractivity (Wildman–Crippen MR) is 49.5 cm³/mol. The molecule has 5 nitrogen and oxygen atoms in total. The van der Waals surface area contributed by atoms with Crippen LogP contribution in [-0.2, 0) is 11.3 Å². The Balaban J connectivity index is 1.82. The predicted octanol–water partition coefficient (Wildman–Crippen LogP) is -0.674. The van der Waals surface area contributed by atoms with Gasteiger partial charge < -0.3 is 15.2 Å². The third-order valence-electron chi connectivity index (χ3n) is 2.22. The molecule has 1 aliphatic heterocycles. The van der Waals surface area contributed by atoms with Crippen LogP contribution < -0.4 is 5.32 Å². The molecule has 2 unspecified atom stereocenters. The lowest BCUT2D eigenvalue weighted by atomic mass is 10.2. The number of nitrogens with zero attached hydrogens (tertiary/aromatic N) is 2. The first kappa shape index (κ1) is 9.51. The Kier molecular flexibility index (Phi) is 3.03. The van der Waals surface area contributed by atoms with Gasteiger partial charge in [0.15, 0.2) is 0 Å². The molecule has 2 heterocycles. The summed E-state index contributed by atoms with van der Waals surface area (Å²) in [7, 11) is 0. The molecule has 0 radical (unpaired) electrons. The zero-order valence-electron chi connectivity index (χ0n) is 7.76. The molecule has 5 heteroatoms. The van der Waals surface area contributed by atoms with Crippen molar-refractivity contribution in [1.29, 1.82) is 0 Å². The first-order valence-electron chi connectivity index (χ1n) is 4.62. The van der Waals surface area contributed by atoms with Crippen LogP contribution in [0.3, 0.4) is 0 Å². The van der Waals surface area contributed by atoms with Crippen molar-refractivity contribution >= 4 is 0 Å². The summed E-state index contributed by atoms with van der Waals surface area (Å²) in [6.07, 6.45) is 1.23. The van der Waals surface area contributed by atoms with Crippen molar-refractivity contribution in [2.45, 2.75) is 18.7 Å². The van der Waals surface area contributed by atoms with Crippen LogP contribution in [0.4, 0.5) is 0 Å². The molecule has 0 saturated carbocycles. The quantitative estimate of drug-likeness (QED) is 0.669. The van der Waals surface area contributed by atoms with E-state index in [0.717, 1.165) is 5.69 Å². The van der Waals surface area contributed by atoms with Gasteiger partial charge in [-0.2, -0.15) is 10.2 Å². The van der Waals surface area contributed by atoms with Crippen molar-refractivity contribution in [3.8, 4) is 0 Å². The molecule has 1 aliphatic rings. The molecule has 1 saturated heterocycles. The fourth-order valence-corrected chi connectivity index (χ4v) is 1.40. The number of nitrogens with one attached hydrogen (secondary N) is 1. The van der Waals surface area contributed by atoms with E-state index in [9.17, 15) is 5.11 Å². The lowest BCUT2D eigenvalue weighted by Gasteiger charge is -2.13. The molecule has 0 spiro atoms. The zero-order chi connectivity index (χ0) is 9.80. The largest absolute Gasteiger partial charge is 0.389 e. The van der Waals surface area contributed by atoms with Crippen LogP contribution in [-0.4, -0.2) is 40.7 Å². The van der Waals surface area contributed by atoms with Crippen LogP contribution in [0.25, 0.3) is 0 Å². The molecule has 2 rings (SSSR count). The summed E-state index contributed by atoms with van der Waals surface area (Å²) in [6.45, 7) is 1.58. The number of aliphatic hydroxyl groups excluding tert-OH is 1. The minimum absolute atomic E-state index is 0.0111. The van der Waals surface area contributed by atoms with Crippen molar-refractivity contribution in [2.24, 2.45) is 0 Å². The number of hydrogen-bond donors (Lipinski definition) is 2. The Labute approximate surface area is 82.1 Å². The maximum Gasteiger partial charge on any atom is 0.0948 e. The van der Waals surface area contributed by atoms with Crippen molar-refractivity contribution in [3.05, 3.63) is 24.0 Å². The average molecular weight is 195 g/mol. The highest BCUT2D eigenvalue weighted by atomic mass is 16.5. The first-order valence-corrected chi connectivity index (χ1v) is 4.62. The molecule has 14 heavy (non-hydrogen) atoms. The minimum Gasteiger partial charge on any atom is -0.389 e. The van der Waals surface area contributed by atoms with Crippen molar-refractivity contribution in [1.82, 2.24) is 15.5 Å². The molecule has 0 aromatic carbocycles. The summed E-state index contributed by atoms with van der Waals surface area (Å²) in [5.74, 6) is 0. The highest BCUT2D eigenvalue weighted by molar-refractivity contribution is 4.99. The van der Waals surface area contributed by atoms with Crippen molar-refractivity contribution in [2.75, 3.05) is 13.2 Å². The van der Waals surface area contributed by atoms with E-state index in [1.807, 2.05) is 12.1 Å². The SMILES string of the molecule is OC1COCC1NCc1cccnn1. The monoisotopic (exact) mass is 195 g/mol. The standard InChI is InChI=1S/C9H13N3O2/c13-9-6-14-5-8(9)10-4-7-2-1-3-11-12-7/h1-3,8-10,13H,4-6H2. The second-order valence-corrected chi connectivity index (χ2v) is 3.31. The molecular weight excluding hydrogens is 182 g/mol. The Morgan fingerprint density at radius 1 is 1.57 bits per heavy atom. The van der Waals surface area contributed by atoms with Crippen LogP contribution in [0.15, 0.2) is 18.3 Å². The summed E-state index contributed by atoms with van der Waals surface area (Å²) in [5, 5.41) is 20.3. The maximum absolute atomic E-state index is 9.44. The number of aromatic nitrogens is 2. The van der Waals surface area contributed by atoms with Gasteiger partial charge in [-0.15, -0.1) is 0 Å². The molecule has 0 bridgehead atoms. The van der Waals surface area contributed by atoms with Crippen LogP contribution in [0.5, 0.6) is 0 Å². The van der Waals surface area contributed by atoms with Crippen LogP contribution in [0.1, 0.15) is 5.69 Å². The fraction of sp³-hybridized carbons (Fsp3) is 0.556. The van der Waals surface area contributed by atoms with Gasteiger partial charge in [0.2, 0.25) is 0 Å². The van der Waals surface area contributed by atoms with Gasteiger partial charge in [-0.1, -0.05) is 0 Å². The summed E-state index contributed by atoms with van der Waals surface area (Å²) in [4.78, 5) is 0. The van der Waals surface area contributed by atoms with Gasteiger partial charge >= 0.3 is 0 Å². The summed E-state index contributed by atoms with van der Waals surface area (Å²) >= 11 is 0. The number of hydrogen-bond acceptors (Lipinski definition) is 5. The van der Waals surface area contributed by atoms with E-state index in [-0.39, 0.29) is 6.04 Å². The van der Waals surface area contributed by atoms with Gasteiger partial charge in [0.25, 0.3) is 0 Å². The lowest BCUT2D eigenvalue weighted by molar-refractivity contribution is 0.122. The molecule has 1 fully saturated rings. The highest BCUT2D eigenvalue weighted by Gasteiger charge is 2.25. The van der Waals surface area contributed by atoms with Crippen LogP contribution >= 0.6 is 0 Å². The second-order valence-electron chi connectivity index (χ2n) is 3.31. The maximum atomic E-state index is 9.44. The minimum atomic E-state index is -0.410. The van der Waals surface area contributed by atoms with Gasteiger partial charge in [-0.25, -0.2) is 0 Å². The van der Waals surface area contributed by atoms with Gasteiger partial charge in [0.1, 0.15) is 0 Å². The van der Waals surface area contributed by atoms with Gasteiger partial charge in [0, 0.05) is 12.7 Å². The van der Waals surface area contributed by atoms with E-state index in [1.165, 1.54) is 0 Å². The van der Waals surface area contributed by atoms with Gasteiger partial charge in [-0.3, -0.25) is 0 Å². The molecule has 2 N–H and O–H groups in total. The summed E-state index contributed by atoms with van der Waals surface area (Å²) in [6, 6.07) is 3.74. The molecule has 0 amide bonds. The van der Waals surface area contributed by atoms with E-state index in [4.69, 9.17) is 4.74 Å². The number of rotatable bonds is 3. The summed E-state index contributed by atoms with van der Waals surface area (Å²) in [5.41, 5.74) is 0.867. The van der Waals surface area contributed by atoms with Crippen LogP contribution in [0, 0.1) is 0 Å². The molecule has 76 valence electrons. The molecule has 1 aromatic heterocycles. The topological polar surface area (TPSA) is 67.3 Å². The normalized spacial score (nSPS) is 26.6. The number of aliphatic hydroxyl groups is 1. The smallest absolute Gasteiger partial charge is 0.0948 e. The van der Waals surface area contributed by atoms with E-state index in [0.29, 0.717) is 19.8 Å². The van der Waals surface area contributed by atoms with E-state index in [2.05, 4.69) is 15.5 Å². The second kappa shape index (κ2) is 4.45. The van der Waals surface area contributed by atoms with Crippen molar-refractivity contribution < 1.29 is 9.84 Å². The number of ether oxygens (including phenoxy) is 1. The first-order chi connectivity index (χ1) is 6.86. The summed E-state index contributed by atoms with van der Waals surface area (Å²) < 4.78 is 5.11. The van der Waals surface area contributed by atoms with E-state index >= 15 is 0 Å². The van der Waals surface area contributed by atoms with Gasteiger partial charge in [-0.05, 0) is 12.1 Å². The highest BCUT2D eigenvalue weighted by Crippen LogP contribution is 2.05. The fourth-order valence-electron chi connectivity index (χ4n) is 1.40. The third-order valence-corrected chi connectivity index (χ3v) is 2.22. The van der Waals surface area contributed by atoms with E-state index in [1.54, 1.807) is 6.20 Å². The van der Waals surface area contributed by atoms with Gasteiger partial charge in [0.05, 0.1) is 31.1 Å². The zero-order valence-corrected chi connectivity index (χ0v) is 7.76. The third kappa shape index (κ3) is 2.25. The molecule has 2 atom stereocenters. The Morgan fingerprint density at radius 2 is 2.50 bits per heavy atom. The Bertz CT molecular complexity index is 281.